The predicted molar refractivity (Wildman–Crippen MR) is 274 cm³/mol. The van der Waals surface area contributed by atoms with E-state index in [0.717, 1.165) is 96.3 Å². The Morgan fingerprint density at radius 3 is 1.17 bits per heavy atom. The molecular formula is C58H94O6. The van der Waals surface area contributed by atoms with Crippen LogP contribution >= 0.6 is 0 Å². The molecule has 0 saturated heterocycles. The molecule has 0 aromatic carbocycles. The summed E-state index contributed by atoms with van der Waals surface area (Å²) in [6.07, 6.45) is 69.3. The highest BCUT2D eigenvalue weighted by atomic mass is 16.6. The lowest BCUT2D eigenvalue weighted by Crippen LogP contribution is -2.30. The second-order valence-electron chi connectivity index (χ2n) is 16.8. The van der Waals surface area contributed by atoms with Gasteiger partial charge in [0.1, 0.15) is 13.2 Å². The third-order valence-electron chi connectivity index (χ3n) is 10.6. The van der Waals surface area contributed by atoms with Crippen LogP contribution < -0.4 is 0 Å². The minimum Gasteiger partial charge on any atom is -0.462 e. The maximum absolute atomic E-state index is 12.8. The first-order valence-electron chi connectivity index (χ1n) is 26.0. The highest BCUT2D eigenvalue weighted by Crippen LogP contribution is 2.13. The van der Waals surface area contributed by atoms with E-state index in [0.29, 0.717) is 19.3 Å². The van der Waals surface area contributed by atoms with Crippen LogP contribution in [0.25, 0.3) is 0 Å². The summed E-state index contributed by atoms with van der Waals surface area (Å²) in [7, 11) is 0. The zero-order valence-corrected chi connectivity index (χ0v) is 41.3. The third-order valence-corrected chi connectivity index (χ3v) is 10.6. The number of carbonyl (C=O) groups excluding carboxylic acids is 3. The Labute approximate surface area is 393 Å². The number of hydrogen-bond donors (Lipinski definition) is 0. The number of rotatable bonds is 45. The Morgan fingerprint density at radius 2 is 0.688 bits per heavy atom. The molecule has 0 bridgehead atoms. The molecule has 64 heavy (non-hydrogen) atoms. The molecule has 1 atom stereocenters. The maximum Gasteiger partial charge on any atom is 0.306 e. The van der Waals surface area contributed by atoms with Crippen LogP contribution in [0.2, 0.25) is 0 Å². The smallest absolute Gasteiger partial charge is 0.306 e. The third kappa shape index (κ3) is 49.1. The molecule has 0 N–H and O–H groups in total. The zero-order valence-electron chi connectivity index (χ0n) is 41.3. The molecule has 0 radical (unpaired) electrons. The number of allylic oxidation sites excluding steroid dienone is 18. The summed E-state index contributed by atoms with van der Waals surface area (Å²) in [5.41, 5.74) is 0. The van der Waals surface area contributed by atoms with E-state index in [9.17, 15) is 14.4 Å². The van der Waals surface area contributed by atoms with Gasteiger partial charge in [-0.25, -0.2) is 0 Å². The summed E-state index contributed by atoms with van der Waals surface area (Å²) in [5, 5.41) is 0. The first-order chi connectivity index (χ1) is 31.5. The van der Waals surface area contributed by atoms with Crippen LogP contribution in [-0.2, 0) is 28.6 Å². The van der Waals surface area contributed by atoms with Crippen LogP contribution in [0.1, 0.15) is 220 Å². The molecule has 0 aliphatic rings. The van der Waals surface area contributed by atoms with Gasteiger partial charge >= 0.3 is 17.9 Å². The monoisotopic (exact) mass is 887 g/mol. The number of hydrogen-bond acceptors (Lipinski definition) is 6. The van der Waals surface area contributed by atoms with E-state index in [1.54, 1.807) is 0 Å². The molecule has 0 heterocycles. The second-order valence-corrected chi connectivity index (χ2v) is 16.8. The molecule has 0 fully saturated rings. The van der Waals surface area contributed by atoms with Gasteiger partial charge in [-0.2, -0.15) is 0 Å². The summed E-state index contributed by atoms with van der Waals surface area (Å²) < 4.78 is 16.7. The quantitative estimate of drug-likeness (QED) is 0.0199. The molecule has 0 aromatic rings. The number of unbranched alkanes of at least 4 members (excludes halogenated alkanes) is 20. The lowest BCUT2D eigenvalue weighted by atomic mass is 10.1. The standard InChI is InChI=1S/C58H94O6/c1-4-7-10-13-16-19-22-25-28-29-31-33-36-39-42-45-48-51-57(60)63-54-55(53-62-56(59)50-47-44-41-38-35-32-27-24-21-18-15-12-9-6-3)64-58(61)52-49-46-43-40-37-34-30-26-23-20-17-14-11-8-5-2/h8-9,11-12,14,17-18,20-21,23,25-28,30,32,34,37,55H,4-7,10,13,15-16,19,22,24,29,31,33,35-36,38-54H2,1-3H3/b11-8-,12-9-,17-14-,21-18-,23-20-,28-25-,30-26-,32-27-,37-34-. The Morgan fingerprint density at radius 1 is 0.344 bits per heavy atom. The van der Waals surface area contributed by atoms with Crippen LogP contribution in [0.4, 0.5) is 0 Å². The maximum atomic E-state index is 12.8. The van der Waals surface area contributed by atoms with E-state index in [-0.39, 0.29) is 37.5 Å². The van der Waals surface area contributed by atoms with Crippen molar-refractivity contribution in [2.45, 2.75) is 226 Å². The average Bonchev–Trinajstić information content (AvgIpc) is 3.29. The largest absolute Gasteiger partial charge is 0.462 e. The highest BCUT2D eigenvalue weighted by molar-refractivity contribution is 5.71. The van der Waals surface area contributed by atoms with Crippen LogP contribution in [-0.4, -0.2) is 37.2 Å². The molecule has 0 saturated carbocycles. The molecule has 0 aliphatic carbocycles. The predicted octanol–water partition coefficient (Wildman–Crippen LogP) is 17.1. The van der Waals surface area contributed by atoms with Crippen LogP contribution in [0.5, 0.6) is 0 Å². The molecule has 1 unspecified atom stereocenters. The first kappa shape index (κ1) is 60.1. The molecular weight excluding hydrogens is 793 g/mol. The SMILES string of the molecule is CC\C=C/C=C\C=C/C=C\C=C/CCCCCC(=O)OC(COC(=O)CCCCCC/C=C\C/C=C\C/C=C\CC)COC(=O)CCCCCCCCC/C=C\CCCCCCCC. The fourth-order valence-corrected chi connectivity index (χ4v) is 6.77. The van der Waals surface area contributed by atoms with Crippen molar-refractivity contribution < 1.29 is 28.6 Å². The second kappa shape index (κ2) is 51.7. The molecule has 0 rings (SSSR count). The van der Waals surface area contributed by atoms with Gasteiger partial charge in [-0.3, -0.25) is 14.4 Å². The van der Waals surface area contributed by atoms with Crippen molar-refractivity contribution in [1.82, 2.24) is 0 Å². The minimum atomic E-state index is -0.813. The van der Waals surface area contributed by atoms with E-state index in [1.165, 1.54) is 77.0 Å². The molecule has 0 aromatic heterocycles. The van der Waals surface area contributed by atoms with E-state index in [2.05, 4.69) is 81.5 Å². The van der Waals surface area contributed by atoms with Gasteiger partial charge in [0, 0.05) is 19.3 Å². The van der Waals surface area contributed by atoms with Gasteiger partial charge in [0.05, 0.1) is 0 Å². The van der Waals surface area contributed by atoms with E-state index >= 15 is 0 Å². The van der Waals surface area contributed by atoms with Crippen LogP contribution in [0.15, 0.2) is 109 Å². The van der Waals surface area contributed by atoms with Gasteiger partial charge in [0.15, 0.2) is 6.10 Å². The van der Waals surface area contributed by atoms with Crippen LogP contribution in [0.3, 0.4) is 0 Å². The lowest BCUT2D eigenvalue weighted by Gasteiger charge is -2.18. The molecule has 0 aliphatic heterocycles. The Bertz CT molecular complexity index is 1340. The van der Waals surface area contributed by atoms with E-state index < -0.39 is 6.10 Å². The lowest BCUT2D eigenvalue weighted by molar-refractivity contribution is -0.167. The number of carbonyl (C=O) groups is 3. The molecule has 362 valence electrons. The summed E-state index contributed by atoms with van der Waals surface area (Å²) in [5.74, 6) is -0.981. The van der Waals surface area contributed by atoms with E-state index in [1.807, 2.05) is 48.6 Å². The normalized spacial score (nSPS) is 13.0. The van der Waals surface area contributed by atoms with Crippen LogP contribution in [0, 0.1) is 0 Å². The molecule has 6 nitrogen and oxygen atoms in total. The number of ether oxygens (including phenoxy) is 3. The topological polar surface area (TPSA) is 78.9 Å². The van der Waals surface area contributed by atoms with Gasteiger partial charge < -0.3 is 14.2 Å². The van der Waals surface area contributed by atoms with Gasteiger partial charge in [-0.15, -0.1) is 0 Å². The highest BCUT2D eigenvalue weighted by Gasteiger charge is 2.19. The van der Waals surface area contributed by atoms with Crippen molar-refractivity contribution in [2.75, 3.05) is 13.2 Å². The molecule has 0 amide bonds. The Balaban J connectivity index is 4.50. The van der Waals surface area contributed by atoms with Crippen molar-refractivity contribution in [2.24, 2.45) is 0 Å². The van der Waals surface area contributed by atoms with Crippen molar-refractivity contribution in [3.05, 3.63) is 109 Å². The van der Waals surface area contributed by atoms with Gasteiger partial charge in [0.25, 0.3) is 0 Å². The Kier molecular flexibility index (Phi) is 48.5. The average molecular weight is 887 g/mol. The summed E-state index contributed by atoms with van der Waals surface area (Å²) in [6.45, 7) is 6.31. The van der Waals surface area contributed by atoms with Crippen molar-refractivity contribution in [3.8, 4) is 0 Å². The summed E-state index contributed by atoms with van der Waals surface area (Å²) in [6, 6.07) is 0. The van der Waals surface area contributed by atoms with E-state index in [4.69, 9.17) is 14.2 Å². The van der Waals surface area contributed by atoms with Crippen molar-refractivity contribution in [3.63, 3.8) is 0 Å². The fourth-order valence-electron chi connectivity index (χ4n) is 6.77. The van der Waals surface area contributed by atoms with Crippen molar-refractivity contribution >= 4 is 17.9 Å². The first-order valence-corrected chi connectivity index (χ1v) is 26.0. The van der Waals surface area contributed by atoms with Crippen molar-refractivity contribution in [1.29, 1.82) is 0 Å². The zero-order chi connectivity index (χ0) is 46.5. The Hall–Kier alpha value is -3.93. The number of esters is 3. The molecule has 6 heteroatoms. The summed E-state index contributed by atoms with van der Waals surface area (Å²) in [4.78, 5) is 38.0. The minimum absolute atomic E-state index is 0.107. The summed E-state index contributed by atoms with van der Waals surface area (Å²) >= 11 is 0. The van der Waals surface area contributed by atoms with Gasteiger partial charge in [0.2, 0.25) is 0 Å². The van der Waals surface area contributed by atoms with Gasteiger partial charge in [-0.05, 0) is 96.3 Å². The molecule has 0 spiro atoms. The van der Waals surface area contributed by atoms with Gasteiger partial charge in [-0.1, -0.05) is 214 Å². The fraction of sp³-hybridized carbons (Fsp3) is 0.638.